The quantitative estimate of drug-likeness (QED) is 0.300. The van der Waals surface area contributed by atoms with Crippen molar-refractivity contribution in [2.24, 2.45) is 5.41 Å². The lowest BCUT2D eigenvalue weighted by Crippen LogP contribution is -2.37. The number of benzene rings is 1. The molecule has 2 heterocycles. The molecule has 34 heavy (non-hydrogen) atoms. The Morgan fingerprint density at radius 2 is 1.97 bits per heavy atom. The van der Waals surface area contributed by atoms with Crippen LogP contribution in [0.1, 0.15) is 70.4 Å². The largest absolute Gasteiger partial charge is 0.493 e. The lowest BCUT2D eigenvalue weighted by molar-refractivity contribution is -0.118. The van der Waals surface area contributed by atoms with E-state index in [1.807, 2.05) is 25.1 Å². The number of thioether (sulfide) groups is 1. The van der Waals surface area contributed by atoms with E-state index in [9.17, 15) is 9.59 Å². The van der Waals surface area contributed by atoms with Gasteiger partial charge in [0.2, 0.25) is 0 Å². The summed E-state index contributed by atoms with van der Waals surface area (Å²) in [5.41, 5.74) is 2.39. The van der Waals surface area contributed by atoms with Crippen LogP contribution in [-0.4, -0.2) is 35.2 Å². The lowest BCUT2D eigenvalue weighted by atomic mass is 9.69. The van der Waals surface area contributed by atoms with Crippen LogP contribution >= 0.6 is 11.8 Å². The number of Topliss-reactive ketones (excluding diaryl/α,β-unsaturated/α-hetero) is 1. The smallest absolute Gasteiger partial charge is 0.257 e. The number of rotatable bonds is 8. The van der Waals surface area contributed by atoms with E-state index in [0.29, 0.717) is 53.1 Å². The van der Waals surface area contributed by atoms with Gasteiger partial charge in [-0.3, -0.25) is 9.59 Å². The number of ether oxygens (including phenoxy) is 2. The molecule has 2 N–H and O–H groups in total. The van der Waals surface area contributed by atoms with Crippen LogP contribution in [0, 0.1) is 5.41 Å². The molecule has 1 aromatic carbocycles. The lowest BCUT2D eigenvalue weighted by Gasteiger charge is -2.38. The third-order valence-corrected chi connectivity index (χ3v) is 7.22. The van der Waals surface area contributed by atoms with Gasteiger partial charge in [-0.05, 0) is 42.9 Å². The van der Waals surface area contributed by atoms with Crippen LogP contribution in [0.5, 0.6) is 11.5 Å². The average Bonchev–Trinajstić information content (AvgIpc) is 2.77. The molecule has 2 aromatic rings. The van der Waals surface area contributed by atoms with Crippen molar-refractivity contribution >= 4 is 23.4 Å². The fourth-order valence-electron chi connectivity index (χ4n) is 4.75. The first-order chi connectivity index (χ1) is 16.3. The van der Waals surface area contributed by atoms with Gasteiger partial charge in [0.25, 0.3) is 5.56 Å². The summed E-state index contributed by atoms with van der Waals surface area (Å²) in [4.78, 5) is 34.5. The van der Waals surface area contributed by atoms with E-state index in [0.717, 1.165) is 29.9 Å². The zero-order valence-electron chi connectivity index (χ0n) is 20.5. The number of allylic oxidation sites excluding steroid dienone is 2. The number of aromatic nitrogens is 2. The molecule has 1 atom stereocenters. The number of aromatic amines is 1. The second-order valence-electron chi connectivity index (χ2n) is 9.57. The molecule has 0 spiro atoms. The van der Waals surface area contributed by atoms with Crippen molar-refractivity contribution < 1.29 is 14.3 Å². The minimum Gasteiger partial charge on any atom is -0.493 e. The highest BCUT2D eigenvalue weighted by Crippen LogP contribution is 2.48. The third-order valence-electron chi connectivity index (χ3n) is 6.26. The zero-order chi connectivity index (χ0) is 24.5. The Kier molecular flexibility index (Phi) is 7.07. The first kappa shape index (κ1) is 24.4. The van der Waals surface area contributed by atoms with E-state index in [2.05, 4.69) is 31.1 Å². The normalized spacial score (nSPS) is 18.7. The zero-order valence-corrected chi connectivity index (χ0v) is 21.4. The van der Waals surface area contributed by atoms with E-state index in [4.69, 9.17) is 14.5 Å². The molecule has 4 rings (SSSR count). The summed E-state index contributed by atoms with van der Waals surface area (Å²) in [5, 5.41) is 3.97. The summed E-state index contributed by atoms with van der Waals surface area (Å²) in [6, 6.07) is 5.62. The van der Waals surface area contributed by atoms with E-state index in [1.165, 1.54) is 0 Å². The Balaban J connectivity index is 1.87. The van der Waals surface area contributed by atoms with Crippen LogP contribution in [0.4, 0.5) is 5.82 Å². The summed E-state index contributed by atoms with van der Waals surface area (Å²) in [7, 11) is 1.59. The minimum atomic E-state index is -0.523. The molecule has 0 bridgehead atoms. The van der Waals surface area contributed by atoms with E-state index >= 15 is 0 Å². The fourth-order valence-corrected chi connectivity index (χ4v) is 5.69. The van der Waals surface area contributed by atoms with Crippen molar-refractivity contribution in [3.8, 4) is 11.5 Å². The predicted molar refractivity (Wildman–Crippen MR) is 135 cm³/mol. The van der Waals surface area contributed by atoms with Crippen LogP contribution in [0.25, 0.3) is 0 Å². The number of methoxy groups -OCH3 is 1. The second kappa shape index (κ2) is 9.86. The topological polar surface area (TPSA) is 93.3 Å². The van der Waals surface area contributed by atoms with Gasteiger partial charge in [0.1, 0.15) is 5.82 Å². The minimum absolute atomic E-state index is 0.0584. The molecule has 7 nitrogen and oxygen atoms in total. The number of nitrogens with one attached hydrogen (secondary N) is 2. The second-order valence-corrected chi connectivity index (χ2v) is 10.7. The van der Waals surface area contributed by atoms with Gasteiger partial charge in [-0.25, -0.2) is 4.98 Å². The highest BCUT2D eigenvalue weighted by molar-refractivity contribution is 7.99. The molecule has 0 saturated carbocycles. The number of unbranched alkanes of at least 4 members (excludes halogenated alkanes) is 1. The predicted octanol–water partition coefficient (Wildman–Crippen LogP) is 5.27. The van der Waals surface area contributed by atoms with E-state index < -0.39 is 5.92 Å². The number of hydrogen-bond acceptors (Lipinski definition) is 7. The third kappa shape index (κ3) is 4.73. The molecule has 0 fully saturated rings. The van der Waals surface area contributed by atoms with E-state index in [1.54, 1.807) is 18.9 Å². The first-order valence-corrected chi connectivity index (χ1v) is 12.9. The maximum atomic E-state index is 13.4. The van der Waals surface area contributed by atoms with Crippen molar-refractivity contribution in [3.05, 3.63) is 50.9 Å². The SMILES string of the molecule is CCCCSc1nc2c(c(=O)[nH]1)C(c1ccc(OCC)c(OC)c1)C1=C(CC(C)(C)CC1=O)N2. The molecule has 2 aliphatic rings. The highest BCUT2D eigenvalue weighted by atomic mass is 32.2. The molecule has 0 saturated heterocycles. The summed E-state index contributed by atoms with van der Waals surface area (Å²) < 4.78 is 11.3. The molecule has 1 aromatic heterocycles. The van der Waals surface area contributed by atoms with Crippen molar-refractivity contribution in [1.82, 2.24) is 9.97 Å². The molecule has 0 radical (unpaired) electrons. The Morgan fingerprint density at radius 3 is 2.68 bits per heavy atom. The van der Waals surface area contributed by atoms with Crippen molar-refractivity contribution in [2.45, 2.75) is 64.5 Å². The van der Waals surface area contributed by atoms with Gasteiger partial charge in [0.05, 0.1) is 19.3 Å². The van der Waals surface area contributed by atoms with E-state index in [-0.39, 0.29) is 16.8 Å². The number of anilines is 1. The Labute approximate surface area is 204 Å². The molecule has 182 valence electrons. The van der Waals surface area contributed by atoms with Gasteiger partial charge in [0.15, 0.2) is 22.4 Å². The molecule has 0 amide bonds. The average molecular weight is 484 g/mol. The standard InChI is InChI=1S/C26H33N3O4S/c1-6-8-11-34-25-28-23-22(24(31)29-25)20(15-9-10-18(33-7-2)19(12-15)32-5)21-16(27-23)13-26(3,4)14-17(21)30/h9-10,12,20H,6-8,11,13-14H2,1-5H3,(H2,27,28,29,31). The van der Waals surface area contributed by atoms with Gasteiger partial charge in [-0.2, -0.15) is 0 Å². The first-order valence-electron chi connectivity index (χ1n) is 11.9. The maximum Gasteiger partial charge on any atom is 0.257 e. The summed E-state index contributed by atoms with van der Waals surface area (Å²) >= 11 is 1.55. The number of ketones is 1. The number of nitrogens with zero attached hydrogens (tertiary/aromatic N) is 1. The van der Waals surface area contributed by atoms with Crippen molar-refractivity contribution in [3.63, 3.8) is 0 Å². The maximum absolute atomic E-state index is 13.4. The molecule has 1 aliphatic carbocycles. The number of H-pyrrole nitrogens is 1. The number of hydrogen-bond donors (Lipinski definition) is 2. The summed E-state index contributed by atoms with van der Waals surface area (Å²) in [6.07, 6.45) is 3.27. The van der Waals surface area contributed by atoms with Gasteiger partial charge in [0, 0.05) is 29.4 Å². The van der Waals surface area contributed by atoms with Crippen LogP contribution in [0.3, 0.4) is 0 Å². The molecular weight excluding hydrogens is 450 g/mol. The fraction of sp³-hybridized carbons (Fsp3) is 0.500. The number of carbonyl (C=O) groups excluding carboxylic acids is 1. The van der Waals surface area contributed by atoms with Gasteiger partial charge >= 0.3 is 0 Å². The Hall–Kier alpha value is -2.74. The van der Waals surface area contributed by atoms with Crippen molar-refractivity contribution in [1.29, 1.82) is 0 Å². The van der Waals surface area contributed by atoms with Crippen molar-refractivity contribution in [2.75, 3.05) is 24.8 Å². The van der Waals surface area contributed by atoms with Crippen LogP contribution in [-0.2, 0) is 4.79 Å². The number of fused-ring (bicyclic) bond motifs is 1. The highest BCUT2D eigenvalue weighted by Gasteiger charge is 2.42. The number of carbonyl (C=O) groups is 1. The van der Waals surface area contributed by atoms with Gasteiger partial charge in [-0.1, -0.05) is 45.0 Å². The Morgan fingerprint density at radius 1 is 1.18 bits per heavy atom. The molecule has 1 unspecified atom stereocenters. The van der Waals surface area contributed by atoms with Crippen LogP contribution in [0.2, 0.25) is 0 Å². The molecular formula is C26H33N3O4S. The van der Waals surface area contributed by atoms with Gasteiger partial charge in [-0.15, -0.1) is 0 Å². The van der Waals surface area contributed by atoms with Crippen LogP contribution < -0.4 is 20.3 Å². The Bertz CT molecular complexity index is 1190. The van der Waals surface area contributed by atoms with Gasteiger partial charge < -0.3 is 19.8 Å². The van der Waals surface area contributed by atoms with Crippen LogP contribution in [0.15, 0.2) is 39.4 Å². The monoisotopic (exact) mass is 483 g/mol. The molecule has 8 heteroatoms. The molecule has 1 aliphatic heterocycles. The summed E-state index contributed by atoms with van der Waals surface area (Å²) in [5.74, 6) is 2.15. The summed E-state index contributed by atoms with van der Waals surface area (Å²) in [6.45, 7) is 8.75.